The van der Waals surface area contributed by atoms with Gasteiger partial charge in [-0.3, -0.25) is 14.9 Å². The SMILES string of the molecule is Cc1ccc(C)c(NC(=O)c2ccc(-c3ccc([N+](=O)[O-])cc3Cl)o2)c1. The van der Waals surface area contributed by atoms with Gasteiger partial charge in [0.1, 0.15) is 5.76 Å². The van der Waals surface area contributed by atoms with E-state index in [2.05, 4.69) is 5.32 Å². The predicted molar refractivity (Wildman–Crippen MR) is 99.7 cm³/mol. The maximum absolute atomic E-state index is 12.4. The second-order valence-corrected chi connectivity index (χ2v) is 6.26. The van der Waals surface area contributed by atoms with Crippen molar-refractivity contribution in [1.82, 2.24) is 0 Å². The van der Waals surface area contributed by atoms with Gasteiger partial charge in [-0.15, -0.1) is 0 Å². The molecule has 0 radical (unpaired) electrons. The molecule has 0 saturated heterocycles. The molecule has 0 aliphatic rings. The Kier molecular flexibility index (Phi) is 4.77. The van der Waals surface area contributed by atoms with Crippen molar-refractivity contribution in [3.63, 3.8) is 0 Å². The van der Waals surface area contributed by atoms with Crippen LogP contribution in [0.2, 0.25) is 5.02 Å². The number of rotatable bonds is 4. The lowest BCUT2D eigenvalue weighted by atomic mass is 10.1. The minimum Gasteiger partial charge on any atom is -0.451 e. The fraction of sp³-hybridized carbons (Fsp3) is 0.105. The second kappa shape index (κ2) is 7.01. The van der Waals surface area contributed by atoms with Crippen LogP contribution in [0.5, 0.6) is 0 Å². The Labute approximate surface area is 154 Å². The summed E-state index contributed by atoms with van der Waals surface area (Å²) in [7, 11) is 0. The molecule has 0 fully saturated rings. The van der Waals surface area contributed by atoms with Crippen LogP contribution < -0.4 is 5.32 Å². The topological polar surface area (TPSA) is 85.4 Å². The maximum Gasteiger partial charge on any atom is 0.291 e. The standard InChI is InChI=1S/C19H15ClN2O4/c1-11-3-4-12(2)16(9-11)21-19(23)18-8-7-17(26-18)14-6-5-13(22(24)25)10-15(14)20/h3-10H,1-2H3,(H,21,23). The van der Waals surface area contributed by atoms with Crippen LogP contribution in [0.15, 0.2) is 52.9 Å². The van der Waals surface area contributed by atoms with E-state index in [1.165, 1.54) is 24.3 Å². The first-order valence-corrected chi connectivity index (χ1v) is 8.15. The van der Waals surface area contributed by atoms with Crippen molar-refractivity contribution in [2.75, 3.05) is 5.32 Å². The third-order valence-electron chi connectivity index (χ3n) is 3.90. The number of hydrogen-bond donors (Lipinski definition) is 1. The molecular weight excluding hydrogens is 356 g/mol. The monoisotopic (exact) mass is 370 g/mol. The maximum atomic E-state index is 12.4. The Morgan fingerprint density at radius 2 is 1.88 bits per heavy atom. The highest BCUT2D eigenvalue weighted by Crippen LogP contribution is 2.32. The van der Waals surface area contributed by atoms with Gasteiger partial charge in [-0.25, -0.2) is 0 Å². The average molecular weight is 371 g/mol. The number of carbonyl (C=O) groups is 1. The zero-order chi connectivity index (χ0) is 18.8. The van der Waals surface area contributed by atoms with Gasteiger partial charge >= 0.3 is 0 Å². The number of non-ortho nitro benzene ring substituents is 1. The smallest absolute Gasteiger partial charge is 0.291 e. The molecule has 3 rings (SSSR count). The minimum absolute atomic E-state index is 0.113. The number of halogens is 1. The Balaban J connectivity index is 1.84. The largest absolute Gasteiger partial charge is 0.451 e. The Bertz CT molecular complexity index is 1010. The van der Waals surface area contributed by atoms with E-state index in [0.717, 1.165) is 11.1 Å². The van der Waals surface area contributed by atoms with Crippen LogP contribution in [0.3, 0.4) is 0 Å². The summed E-state index contributed by atoms with van der Waals surface area (Å²) in [6, 6.07) is 13.0. The molecule has 26 heavy (non-hydrogen) atoms. The number of furan rings is 1. The Morgan fingerprint density at radius 1 is 1.12 bits per heavy atom. The van der Waals surface area contributed by atoms with Crippen molar-refractivity contribution in [3.05, 3.63) is 80.6 Å². The highest BCUT2D eigenvalue weighted by Gasteiger charge is 2.17. The summed E-state index contributed by atoms with van der Waals surface area (Å²) < 4.78 is 5.59. The first-order chi connectivity index (χ1) is 12.3. The third kappa shape index (κ3) is 3.60. The van der Waals surface area contributed by atoms with E-state index in [0.29, 0.717) is 17.0 Å². The first kappa shape index (κ1) is 17.7. The van der Waals surface area contributed by atoms with Gasteiger partial charge in [0.05, 0.1) is 9.95 Å². The quantitative estimate of drug-likeness (QED) is 0.493. The van der Waals surface area contributed by atoms with Crippen LogP contribution in [0, 0.1) is 24.0 Å². The van der Waals surface area contributed by atoms with Crippen LogP contribution in [-0.4, -0.2) is 10.8 Å². The molecule has 6 nitrogen and oxygen atoms in total. The van der Waals surface area contributed by atoms with E-state index in [1.54, 1.807) is 6.07 Å². The molecular formula is C19H15ClN2O4. The van der Waals surface area contributed by atoms with E-state index in [1.807, 2.05) is 32.0 Å². The number of nitrogens with zero attached hydrogens (tertiary/aromatic N) is 1. The van der Waals surface area contributed by atoms with E-state index < -0.39 is 4.92 Å². The summed E-state index contributed by atoms with van der Waals surface area (Å²) in [5.74, 6) is 0.0920. The molecule has 1 N–H and O–H groups in total. The van der Waals surface area contributed by atoms with E-state index in [4.69, 9.17) is 16.0 Å². The van der Waals surface area contributed by atoms with Crippen molar-refractivity contribution in [2.24, 2.45) is 0 Å². The van der Waals surface area contributed by atoms with E-state index in [9.17, 15) is 14.9 Å². The molecule has 132 valence electrons. The predicted octanol–water partition coefficient (Wildman–Crippen LogP) is 5.38. The molecule has 0 aliphatic carbocycles. The lowest BCUT2D eigenvalue weighted by Crippen LogP contribution is -2.11. The van der Waals surface area contributed by atoms with Crippen molar-refractivity contribution in [3.8, 4) is 11.3 Å². The number of aryl methyl sites for hydroxylation is 2. The normalized spacial score (nSPS) is 10.6. The molecule has 0 saturated carbocycles. The van der Waals surface area contributed by atoms with Gasteiger partial charge in [-0.2, -0.15) is 0 Å². The van der Waals surface area contributed by atoms with Crippen LogP contribution in [0.1, 0.15) is 21.7 Å². The molecule has 3 aromatic rings. The number of hydrogen-bond acceptors (Lipinski definition) is 4. The molecule has 0 unspecified atom stereocenters. The number of carbonyl (C=O) groups excluding carboxylic acids is 1. The van der Waals surface area contributed by atoms with Gasteiger partial charge in [0.2, 0.25) is 0 Å². The van der Waals surface area contributed by atoms with E-state index in [-0.39, 0.29) is 22.4 Å². The average Bonchev–Trinajstić information content (AvgIpc) is 3.08. The molecule has 7 heteroatoms. The van der Waals surface area contributed by atoms with Crippen LogP contribution >= 0.6 is 11.6 Å². The fourth-order valence-electron chi connectivity index (χ4n) is 2.48. The fourth-order valence-corrected chi connectivity index (χ4v) is 2.74. The van der Waals surface area contributed by atoms with Gasteiger partial charge in [-0.05, 0) is 49.2 Å². The van der Waals surface area contributed by atoms with Crippen molar-refractivity contribution in [1.29, 1.82) is 0 Å². The van der Waals surface area contributed by atoms with Gasteiger partial charge in [0, 0.05) is 23.4 Å². The molecule has 1 heterocycles. The highest BCUT2D eigenvalue weighted by atomic mass is 35.5. The lowest BCUT2D eigenvalue weighted by Gasteiger charge is -2.08. The number of nitro benzene ring substituents is 1. The number of benzene rings is 2. The second-order valence-electron chi connectivity index (χ2n) is 5.86. The van der Waals surface area contributed by atoms with Crippen LogP contribution in [0.25, 0.3) is 11.3 Å². The Hall–Kier alpha value is -3.12. The van der Waals surface area contributed by atoms with Crippen molar-refractivity contribution >= 4 is 28.9 Å². The summed E-state index contributed by atoms with van der Waals surface area (Å²) in [5.41, 5.74) is 3.04. The molecule has 0 bridgehead atoms. The van der Waals surface area contributed by atoms with Gasteiger partial charge in [0.15, 0.2) is 5.76 Å². The van der Waals surface area contributed by atoms with Crippen molar-refractivity contribution in [2.45, 2.75) is 13.8 Å². The van der Waals surface area contributed by atoms with Crippen LogP contribution in [-0.2, 0) is 0 Å². The summed E-state index contributed by atoms with van der Waals surface area (Å²) in [6.45, 7) is 3.84. The summed E-state index contributed by atoms with van der Waals surface area (Å²) in [5, 5.41) is 13.8. The van der Waals surface area contributed by atoms with Gasteiger partial charge in [-0.1, -0.05) is 23.7 Å². The number of anilines is 1. The zero-order valence-electron chi connectivity index (χ0n) is 14.1. The molecule has 0 spiro atoms. The molecule has 0 atom stereocenters. The minimum atomic E-state index is -0.527. The summed E-state index contributed by atoms with van der Waals surface area (Å²) >= 11 is 6.10. The molecule has 0 aliphatic heterocycles. The molecule has 1 aromatic heterocycles. The first-order valence-electron chi connectivity index (χ1n) is 7.78. The zero-order valence-corrected chi connectivity index (χ0v) is 14.8. The Morgan fingerprint density at radius 3 is 2.58 bits per heavy atom. The van der Waals surface area contributed by atoms with Crippen LogP contribution in [0.4, 0.5) is 11.4 Å². The van der Waals surface area contributed by atoms with Gasteiger partial charge < -0.3 is 9.73 Å². The summed E-state index contributed by atoms with van der Waals surface area (Å²) in [6.07, 6.45) is 0. The van der Waals surface area contributed by atoms with E-state index >= 15 is 0 Å². The lowest BCUT2D eigenvalue weighted by molar-refractivity contribution is -0.384. The molecule has 1 amide bonds. The van der Waals surface area contributed by atoms with Gasteiger partial charge in [0.25, 0.3) is 11.6 Å². The number of amides is 1. The van der Waals surface area contributed by atoms with Crippen molar-refractivity contribution < 1.29 is 14.1 Å². The molecule has 2 aromatic carbocycles. The summed E-state index contributed by atoms with van der Waals surface area (Å²) in [4.78, 5) is 22.7. The third-order valence-corrected chi connectivity index (χ3v) is 4.21. The highest BCUT2D eigenvalue weighted by molar-refractivity contribution is 6.33. The number of nitrogens with one attached hydrogen (secondary N) is 1. The number of nitro groups is 1.